The molecule has 20 heavy (non-hydrogen) atoms. The lowest BCUT2D eigenvalue weighted by atomic mass is 10.2. The van der Waals surface area contributed by atoms with Gasteiger partial charge in [0, 0.05) is 6.42 Å². The van der Waals surface area contributed by atoms with Crippen molar-refractivity contribution in [1.82, 2.24) is 4.98 Å². The van der Waals surface area contributed by atoms with Gasteiger partial charge < -0.3 is 4.74 Å². The van der Waals surface area contributed by atoms with Gasteiger partial charge in [0.05, 0.1) is 17.3 Å². The molecule has 1 aromatic heterocycles. The lowest BCUT2D eigenvalue weighted by molar-refractivity contribution is 0.319. The molecule has 0 spiro atoms. The highest BCUT2D eigenvalue weighted by Crippen LogP contribution is 2.21. The molecule has 4 heteroatoms. The molecule has 0 saturated carbocycles. The summed E-state index contributed by atoms with van der Waals surface area (Å²) in [5.41, 5.74) is 2.07. The predicted octanol–water partition coefficient (Wildman–Crippen LogP) is 3.90. The molecule has 0 fully saturated rings. The van der Waals surface area contributed by atoms with Gasteiger partial charge in [0.2, 0.25) is 0 Å². The van der Waals surface area contributed by atoms with Crippen molar-refractivity contribution in [3.63, 3.8) is 0 Å². The molecule has 0 N–H and O–H groups in total. The highest BCUT2D eigenvalue weighted by atomic mass is 32.1. The Hall–Kier alpha value is -1.86. The van der Waals surface area contributed by atoms with E-state index in [-0.39, 0.29) is 0 Å². The topological polar surface area (TPSA) is 45.9 Å². The lowest BCUT2D eigenvalue weighted by Crippen LogP contribution is -2.02. The van der Waals surface area contributed by atoms with Gasteiger partial charge in [-0.15, -0.1) is 11.3 Å². The third-order valence-electron chi connectivity index (χ3n) is 3.00. The van der Waals surface area contributed by atoms with E-state index >= 15 is 0 Å². The number of thiazole rings is 1. The average molecular weight is 286 g/mol. The normalized spacial score (nSPS) is 10.2. The Kier molecular flexibility index (Phi) is 5.14. The van der Waals surface area contributed by atoms with E-state index in [1.807, 2.05) is 31.2 Å². The van der Waals surface area contributed by atoms with E-state index in [0.717, 1.165) is 46.2 Å². The van der Waals surface area contributed by atoms with Crippen molar-refractivity contribution in [2.75, 3.05) is 6.61 Å². The van der Waals surface area contributed by atoms with Crippen LogP contribution >= 0.6 is 11.3 Å². The van der Waals surface area contributed by atoms with Crippen LogP contribution in [0.1, 0.15) is 34.5 Å². The van der Waals surface area contributed by atoms with Crippen LogP contribution in [-0.2, 0) is 12.8 Å². The van der Waals surface area contributed by atoms with Crippen LogP contribution in [0.25, 0.3) is 0 Å². The molecule has 104 valence electrons. The van der Waals surface area contributed by atoms with Crippen LogP contribution in [0.5, 0.6) is 5.75 Å². The first-order valence-electron chi connectivity index (χ1n) is 6.81. The van der Waals surface area contributed by atoms with Gasteiger partial charge in [-0.05, 0) is 25.0 Å². The highest BCUT2D eigenvalue weighted by molar-refractivity contribution is 7.12. The van der Waals surface area contributed by atoms with Gasteiger partial charge >= 0.3 is 0 Å². The number of ether oxygens (including phenoxy) is 1. The molecule has 2 aromatic rings. The number of nitrogens with zero attached hydrogens (tertiary/aromatic N) is 2. The lowest BCUT2D eigenvalue weighted by Gasteiger charge is -2.07. The molecule has 1 heterocycles. The monoisotopic (exact) mass is 286 g/mol. The van der Waals surface area contributed by atoms with Gasteiger partial charge in [-0.25, -0.2) is 4.98 Å². The van der Waals surface area contributed by atoms with Crippen molar-refractivity contribution in [2.24, 2.45) is 0 Å². The van der Waals surface area contributed by atoms with Crippen LogP contribution in [0.15, 0.2) is 24.3 Å². The number of hydrogen-bond acceptors (Lipinski definition) is 4. The van der Waals surface area contributed by atoms with Crippen LogP contribution in [-0.4, -0.2) is 11.6 Å². The number of benzene rings is 1. The zero-order valence-electron chi connectivity index (χ0n) is 11.8. The summed E-state index contributed by atoms with van der Waals surface area (Å²) in [4.78, 5) is 5.29. The second kappa shape index (κ2) is 7.06. The fourth-order valence-electron chi connectivity index (χ4n) is 1.97. The molecule has 1 aromatic carbocycles. The minimum Gasteiger partial charge on any atom is -0.493 e. The maximum Gasteiger partial charge on any atom is 0.128 e. The predicted molar refractivity (Wildman–Crippen MR) is 81.2 cm³/mol. The van der Waals surface area contributed by atoms with Crippen molar-refractivity contribution in [2.45, 2.75) is 33.1 Å². The Labute approximate surface area is 123 Å². The molecule has 0 atom stereocenters. The minimum atomic E-state index is 0.592. The average Bonchev–Trinajstić information content (AvgIpc) is 2.84. The van der Waals surface area contributed by atoms with Gasteiger partial charge in [0.15, 0.2) is 0 Å². The van der Waals surface area contributed by atoms with E-state index in [1.54, 1.807) is 0 Å². The fourth-order valence-corrected chi connectivity index (χ4v) is 2.86. The van der Waals surface area contributed by atoms with Crippen LogP contribution in [0.4, 0.5) is 0 Å². The summed E-state index contributed by atoms with van der Waals surface area (Å²) in [6, 6.07) is 10.2. The van der Waals surface area contributed by atoms with E-state index in [1.165, 1.54) is 11.3 Å². The molecule has 0 radical (unpaired) electrons. The van der Waals surface area contributed by atoms with Crippen molar-refractivity contribution >= 4 is 11.3 Å². The Morgan fingerprint density at radius 2 is 2.10 bits per heavy atom. The Balaban J connectivity index is 1.95. The van der Waals surface area contributed by atoms with Crippen molar-refractivity contribution in [3.05, 3.63) is 45.4 Å². The van der Waals surface area contributed by atoms with Crippen LogP contribution in [0, 0.1) is 18.3 Å². The van der Waals surface area contributed by atoms with Gasteiger partial charge in [0.25, 0.3) is 0 Å². The second-order valence-electron chi connectivity index (χ2n) is 4.61. The smallest absolute Gasteiger partial charge is 0.128 e. The Morgan fingerprint density at radius 1 is 1.30 bits per heavy atom. The van der Waals surface area contributed by atoms with Crippen LogP contribution in [0.3, 0.4) is 0 Å². The largest absolute Gasteiger partial charge is 0.493 e. The molecule has 0 amide bonds. The number of nitriles is 1. The molecule has 0 bridgehead atoms. The third kappa shape index (κ3) is 3.58. The first-order chi connectivity index (χ1) is 9.74. The summed E-state index contributed by atoms with van der Waals surface area (Å²) in [5, 5.41) is 10.1. The van der Waals surface area contributed by atoms with Crippen LogP contribution < -0.4 is 4.74 Å². The Bertz CT molecular complexity index is 613. The maximum atomic E-state index is 9.09. The SMILES string of the molecule is CCCc1nc(CCOc2ccccc2C)sc1C#N. The number of hydrogen-bond donors (Lipinski definition) is 0. The van der Waals surface area contributed by atoms with Crippen molar-refractivity contribution in [1.29, 1.82) is 5.26 Å². The first kappa shape index (κ1) is 14.5. The summed E-state index contributed by atoms with van der Waals surface area (Å²) >= 11 is 1.49. The zero-order chi connectivity index (χ0) is 14.4. The summed E-state index contributed by atoms with van der Waals surface area (Å²) in [6.45, 7) is 4.72. The van der Waals surface area contributed by atoms with Gasteiger partial charge in [0.1, 0.15) is 16.7 Å². The minimum absolute atomic E-state index is 0.592. The quantitative estimate of drug-likeness (QED) is 0.809. The van der Waals surface area contributed by atoms with Gasteiger partial charge in [-0.1, -0.05) is 31.5 Å². The maximum absolute atomic E-state index is 9.09. The number of aryl methyl sites for hydroxylation is 2. The number of rotatable bonds is 6. The standard InChI is InChI=1S/C16H18N2OS/c1-3-6-13-15(11-17)20-16(18-13)9-10-19-14-8-5-4-7-12(14)2/h4-5,7-8H,3,6,9-10H2,1-2H3. The summed E-state index contributed by atoms with van der Waals surface area (Å²) < 4.78 is 5.77. The summed E-state index contributed by atoms with van der Waals surface area (Å²) in [6.07, 6.45) is 2.63. The number of aromatic nitrogens is 1. The van der Waals surface area contributed by atoms with E-state index in [9.17, 15) is 0 Å². The summed E-state index contributed by atoms with van der Waals surface area (Å²) in [7, 11) is 0. The molecule has 0 aliphatic carbocycles. The molecular weight excluding hydrogens is 268 g/mol. The molecule has 0 aliphatic rings. The van der Waals surface area contributed by atoms with E-state index in [4.69, 9.17) is 10.00 Å². The van der Waals surface area contributed by atoms with Gasteiger partial charge in [-0.3, -0.25) is 0 Å². The number of para-hydroxylation sites is 1. The van der Waals surface area contributed by atoms with Crippen molar-refractivity contribution in [3.8, 4) is 11.8 Å². The van der Waals surface area contributed by atoms with Crippen molar-refractivity contribution < 1.29 is 4.74 Å². The molecule has 2 rings (SSSR count). The first-order valence-corrected chi connectivity index (χ1v) is 7.63. The van der Waals surface area contributed by atoms with E-state index < -0.39 is 0 Å². The van der Waals surface area contributed by atoms with Crippen LogP contribution in [0.2, 0.25) is 0 Å². The Morgan fingerprint density at radius 3 is 2.80 bits per heavy atom. The third-order valence-corrected chi connectivity index (χ3v) is 4.06. The van der Waals surface area contributed by atoms with E-state index in [0.29, 0.717) is 6.61 Å². The fraction of sp³-hybridized carbons (Fsp3) is 0.375. The molecule has 0 saturated heterocycles. The summed E-state index contributed by atoms with van der Waals surface area (Å²) in [5.74, 6) is 0.915. The van der Waals surface area contributed by atoms with E-state index in [2.05, 4.69) is 18.0 Å². The molecule has 0 aliphatic heterocycles. The molecular formula is C16H18N2OS. The molecule has 0 unspecified atom stereocenters. The van der Waals surface area contributed by atoms with Gasteiger partial charge in [-0.2, -0.15) is 5.26 Å². The zero-order valence-corrected chi connectivity index (χ0v) is 12.7. The highest BCUT2D eigenvalue weighted by Gasteiger charge is 2.10. The second-order valence-corrected chi connectivity index (χ2v) is 5.69. The molecule has 3 nitrogen and oxygen atoms in total.